The highest BCUT2D eigenvalue weighted by Gasteiger charge is 2.05. The normalized spacial score (nSPS) is 12.5. The van der Waals surface area contributed by atoms with Crippen LogP contribution in [0.1, 0.15) is 24.9 Å². The lowest BCUT2D eigenvalue weighted by atomic mass is 10.0. The van der Waals surface area contributed by atoms with Gasteiger partial charge in [0.25, 0.3) is 0 Å². The zero-order chi connectivity index (χ0) is 9.84. The van der Waals surface area contributed by atoms with E-state index in [-0.39, 0.29) is 6.04 Å². The standard InChI is InChI=1S/C11H14ClN/c1-8(2)6-11(13)9-4-3-5-10(12)7-9/h3-5,7,11H,1,6,13H2,2H3. The fraction of sp³-hybridized carbons (Fsp3) is 0.273. The summed E-state index contributed by atoms with van der Waals surface area (Å²) in [5.41, 5.74) is 8.10. The molecule has 70 valence electrons. The maximum Gasteiger partial charge on any atom is 0.0409 e. The minimum Gasteiger partial charge on any atom is -0.324 e. The third-order valence-electron chi connectivity index (χ3n) is 1.85. The van der Waals surface area contributed by atoms with Crippen molar-refractivity contribution in [3.05, 3.63) is 47.0 Å². The Bertz CT molecular complexity index is 307. The minimum atomic E-state index is 0.0104. The number of nitrogens with two attached hydrogens (primary N) is 1. The quantitative estimate of drug-likeness (QED) is 0.736. The van der Waals surface area contributed by atoms with Crippen LogP contribution in [0.3, 0.4) is 0 Å². The molecule has 2 heteroatoms. The van der Waals surface area contributed by atoms with Gasteiger partial charge in [0.05, 0.1) is 0 Å². The molecule has 0 spiro atoms. The molecule has 1 aromatic rings. The highest BCUT2D eigenvalue weighted by atomic mass is 35.5. The molecule has 1 atom stereocenters. The van der Waals surface area contributed by atoms with Crippen molar-refractivity contribution in [2.45, 2.75) is 19.4 Å². The second-order valence-corrected chi connectivity index (χ2v) is 3.76. The molecule has 0 aromatic heterocycles. The number of hydrogen-bond acceptors (Lipinski definition) is 1. The largest absolute Gasteiger partial charge is 0.324 e. The number of benzene rings is 1. The van der Waals surface area contributed by atoms with E-state index in [0.717, 1.165) is 22.6 Å². The molecular formula is C11H14ClN. The Balaban J connectivity index is 2.76. The van der Waals surface area contributed by atoms with Gasteiger partial charge in [-0.1, -0.05) is 29.3 Å². The molecule has 13 heavy (non-hydrogen) atoms. The Kier molecular flexibility index (Phi) is 3.52. The first-order valence-corrected chi connectivity index (χ1v) is 4.63. The molecule has 0 amide bonds. The predicted octanol–water partition coefficient (Wildman–Crippen LogP) is 3.31. The number of rotatable bonds is 3. The van der Waals surface area contributed by atoms with Gasteiger partial charge in [0.15, 0.2) is 0 Å². The van der Waals surface area contributed by atoms with Crippen molar-refractivity contribution in [3.8, 4) is 0 Å². The number of hydrogen-bond donors (Lipinski definition) is 1. The third-order valence-corrected chi connectivity index (χ3v) is 2.08. The summed E-state index contributed by atoms with van der Waals surface area (Å²) in [6.45, 7) is 5.81. The maximum atomic E-state index is 5.95. The lowest BCUT2D eigenvalue weighted by molar-refractivity contribution is 0.717. The average molecular weight is 196 g/mol. The van der Waals surface area contributed by atoms with E-state index in [2.05, 4.69) is 6.58 Å². The summed E-state index contributed by atoms with van der Waals surface area (Å²) in [5, 5.41) is 0.731. The molecule has 0 saturated carbocycles. The predicted molar refractivity (Wildman–Crippen MR) is 57.8 cm³/mol. The van der Waals surface area contributed by atoms with E-state index in [0.29, 0.717) is 0 Å². The van der Waals surface area contributed by atoms with Crippen LogP contribution in [0.25, 0.3) is 0 Å². The van der Waals surface area contributed by atoms with Gasteiger partial charge in [0.1, 0.15) is 0 Å². The van der Waals surface area contributed by atoms with Crippen LogP contribution in [-0.2, 0) is 0 Å². The fourth-order valence-electron chi connectivity index (χ4n) is 1.23. The van der Waals surface area contributed by atoms with Gasteiger partial charge in [-0.05, 0) is 31.0 Å². The van der Waals surface area contributed by atoms with Crippen molar-refractivity contribution in [3.63, 3.8) is 0 Å². The van der Waals surface area contributed by atoms with Crippen molar-refractivity contribution < 1.29 is 0 Å². The smallest absolute Gasteiger partial charge is 0.0409 e. The minimum absolute atomic E-state index is 0.0104. The van der Waals surface area contributed by atoms with Crippen LogP contribution in [0.4, 0.5) is 0 Å². The lowest BCUT2D eigenvalue weighted by Gasteiger charge is -2.11. The van der Waals surface area contributed by atoms with Gasteiger partial charge >= 0.3 is 0 Å². The molecule has 1 aromatic carbocycles. The zero-order valence-electron chi connectivity index (χ0n) is 7.76. The molecule has 0 aliphatic carbocycles. The van der Waals surface area contributed by atoms with Crippen molar-refractivity contribution in [2.24, 2.45) is 5.73 Å². The average Bonchev–Trinajstić information content (AvgIpc) is 2.03. The first kappa shape index (κ1) is 10.3. The molecule has 0 heterocycles. The van der Waals surface area contributed by atoms with Gasteiger partial charge in [-0.3, -0.25) is 0 Å². The van der Waals surface area contributed by atoms with Crippen LogP contribution in [0, 0.1) is 0 Å². The molecule has 0 aliphatic rings. The van der Waals surface area contributed by atoms with Crippen molar-refractivity contribution >= 4 is 11.6 Å². The molecule has 0 fully saturated rings. The molecule has 1 nitrogen and oxygen atoms in total. The van der Waals surface area contributed by atoms with E-state index in [1.165, 1.54) is 0 Å². The Morgan fingerprint density at radius 3 is 2.85 bits per heavy atom. The van der Waals surface area contributed by atoms with Gasteiger partial charge in [0, 0.05) is 11.1 Å². The molecule has 0 saturated heterocycles. The summed E-state index contributed by atoms with van der Waals surface area (Å²) in [7, 11) is 0. The number of halogens is 1. The fourth-order valence-corrected chi connectivity index (χ4v) is 1.43. The van der Waals surface area contributed by atoms with Crippen LogP contribution in [0.5, 0.6) is 0 Å². The van der Waals surface area contributed by atoms with E-state index in [1.54, 1.807) is 0 Å². The highest BCUT2D eigenvalue weighted by Crippen LogP contribution is 2.20. The first-order chi connectivity index (χ1) is 6.09. The van der Waals surface area contributed by atoms with E-state index in [9.17, 15) is 0 Å². The summed E-state index contributed by atoms with van der Waals surface area (Å²) in [4.78, 5) is 0. The summed E-state index contributed by atoms with van der Waals surface area (Å²) < 4.78 is 0. The van der Waals surface area contributed by atoms with Crippen molar-refractivity contribution in [2.75, 3.05) is 0 Å². The van der Waals surface area contributed by atoms with Crippen molar-refractivity contribution in [1.29, 1.82) is 0 Å². The van der Waals surface area contributed by atoms with Gasteiger partial charge in [-0.15, -0.1) is 6.58 Å². The Hall–Kier alpha value is -0.790. The first-order valence-electron chi connectivity index (χ1n) is 4.25. The highest BCUT2D eigenvalue weighted by molar-refractivity contribution is 6.30. The van der Waals surface area contributed by atoms with Gasteiger partial charge in [-0.2, -0.15) is 0 Å². The maximum absolute atomic E-state index is 5.95. The molecule has 0 radical (unpaired) electrons. The molecule has 1 rings (SSSR count). The van der Waals surface area contributed by atoms with Crippen LogP contribution < -0.4 is 5.73 Å². The van der Waals surface area contributed by atoms with E-state index >= 15 is 0 Å². The van der Waals surface area contributed by atoms with E-state index in [4.69, 9.17) is 17.3 Å². The monoisotopic (exact) mass is 195 g/mol. The van der Waals surface area contributed by atoms with Crippen LogP contribution in [-0.4, -0.2) is 0 Å². The molecule has 1 unspecified atom stereocenters. The Labute approximate surface area is 84.2 Å². The van der Waals surface area contributed by atoms with Gasteiger partial charge in [-0.25, -0.2) is 0 Å². The molecular weight excluding hydrogens is 182 g/mol. The Morgan fingerprint density at radius 2 is 2.31 bits per heavy atom. The molecule has 2 N–H and O–H groups in total. The summed E-state index contributed by atoms with van der Waals surface area (Å²) >= 11 is 5.85. The van der Waals surface area contributed by atoms with E-state index < -0.39 is 0 Å². The SMILES string of the molecule is C=C(C)CC(N)c1cccc(Cl)c1. The van der Waals surface area contributed by atoms with E-state index in [1.807, 2.05) is 31.2 Å². The topological polar surface area (TPSA) is 26.0 Å². The van der Waals surface area contributed by atoms with Crippen LogP contribution in [0.2, 0.25) is 5.02 Å². The van der Waals surface area contributed by atoms with Crippen LogP contribution >= 0.6 is 11.6 Å². The van der Waals surface area contributed by atoms with Gasteiger partial charge in [0.2, 0.25) is 0 Å². The zero-order valence-corrected chi connectivity index (χ0v) is 8.51. The summed E-state index contributed by atoms with van der Waals surface area (Å²) in [6, 6.07) is 7.65. The third kappa shape index (κ3) is 3.21. The summed E-state index contributed by atoms with van der Waals surface area (Å²) in [6.07, 6.45) is 0.806. The van der Waals surface area contributed by atoms with Crippen LogP contribution in [0.15, 0.2) is 36.4 Å². The second-order valence-electron chi connectivity index (χ2n) is 3.32. The van der Waals surface area contributed by atoms with Gasteiger partial charge < -0.3 is 5.73 Å². The second kappa shape index (κ2) is 4.45. The lowest BCUT2D eigenvalue weighted by Crippen LogP contribution is -2.10. The summed E-state index contributed by atoms with van der Waals surface area (Å²) in [5.74, 6) is 0. The van der Waals surface area contributed by atoms with Crippen molar-refractivity contribution in [1.82, 2.24) is 0 Å². The molecule has 0 bridgehead atoms. The molecule has 0 aliphatic heterocycles. The Morgan fingerprint density at radius 1 is 1.62 bits per heavy atom.